The molecule has 1 rings (SSSR count). The minimum Gasteiger partial charge on any atom is -0.397 e. The molecule has 0 aliphatic carbocycles. The molecule has 0 heterocycles. The molecule has 0 saturated heterocycles. The SMILES string of the molecule is N#CCS(=O)(=O)Nc1ccccc1N. The summed E-state index contributed by atoms with van der Waals surface area (Å²) in [6.45, 7) is 0. The Bertz CT molecular complexity index is 462. The van der Waals surface area contributed by atoms with Gasteiger partial charge in [-0.1, -0.05) is 12.1 Å². The van der Waals surface area contributed by atoms with Gasteiger partial charge in [0.15, 0.2) is 5.75 Å². The van der Waals surface area contributed by atoms with E-state index in [1.54, 1.807) is 24.3 Å². The largest absolute Gasteiger partial charge is 0.397 e. The number of rotatable bonds is 3. The van der Waals surface area contributed by atoms with Crippen molar-refractivity contribution >= 4 is 21.4 Å². The molecule has 0 aliphatic rings. The average molecular weight is 211 g/mol. The third-order valence-corrected chi connectivity index (χ3v) is 2.52. The van der Waals surface area contributed by atoms with Gasteiger partial charge in [-0.25, -0.2) is 8.42 Å². The highest BCUT2D eigenvalue weighted by Crippen LogP contribution is 2.17. The second kappa shape index (κ2) is 3.98. The first-order chi connectivity index (χ1) is 6.55. The summed E-state index contributed by atoms with van der Waals surface area (Å²) in [7, 11) is -3.60. The molecule has 0 amide bonds. The number of nitrogens with zero attached hydrogens (tertiary/aromatic N) is 1. The molecule has 5 nitrogen and oxygen atoms in total. The molecule has 1 aromatic carbocycles. The smallest absolute Gasteiger partial charge is 0.246 e. The van der Waals surface area contributed by atoms with Gasteiger partial charge in [-0.3, -0.25) is 4.72 Å². The Balaban J connectivity index is 2.91. The zero-order valence-electron chi connectivity index (χ0n) is 7.27. The van der Waals surface area contributed by atoms with E-state index >= 15 is 0 Å². The van der Waals surface area contributed by atoms with Gasteiger partial charge in [-0.2, -0.15) is 5.26 Å². The van der Waals surface area contributed by atoms with Gasteiger partial charge in [-0.15, -0.1) is 0 Å². The van der Waals surface area contributed by atoms with E-state index < -0.39 is 15.8 Å². The van der Waals surface area contributed by atoms with Crippen LogP contribution in [0.1, 0.15) is 0 Å². The van der Waals surface area contributed by atoms with E-state index in [2.05, 4.69) is 4.72 Å². The first-order valence-electron chi connectivity index (χ1n) is 3.77. The summed E-state index contributed by atoms with van der Waals surface area (Å²) >= 11 is 0. The summed E-state index contributed by atoms with van der Waals surface area (Å²) in [5, 5.41) is 8.25. The molecule has 0 unspecified atom stereocenters. The Hall–Kier alpha value is -1.74. The fourth-order valence-corrected chi connectivity index (χ4v) is 1.64. The van der Waals surface area contributed by atoms with E-state index in [0.29, 0.717) is 11.4 Å². The van der Waals surface area contributed by atoms with Crippen molar-refractivity contribution in [2.24, 2.45) is 0 Å². The van der Waals surface area contributed by atoms with Crippen molar-refractivity contribution in [2.45, 2.75) is 0 Å². The van der Waals surface area contributed by atoms with E-state index in [1.807, 2.05) is 0 Å². The number of nitriles is 1. The van der Waals surface area contributed by atoms with Crippen LogP contribution in [-0.4, -0.2) is 14.2 Å². The van der Waals surface area contributed by atoms with E-state index in [9.17, 15) is 8.42 Å². The van der Waals surface area contributed by atoms with Gasteiger partial charge >= 0.3 is 0 Å². The van der Waals surface area contributed by atoms with Crippen LogP contribution in [0.3, 0.4) is 0 Å². The van der Waals surface area contributed by atoms with Gasteiger partial charge in [0.1, 0.15) is 0 Å². The molecule has 6 heteroatoms. The molecule has 0 radical (unpaired) electrons. The number of hydrogen-bond acceptors (Lipinski definition) is 4. The van der Waals surface area contributed by atoms with Crippen molar-refractivity contribution in [3.8, 4) is 6.07 Å². The molecule has 0 aliphatic heterocycles. The second-order valence-electron chi connectivity index (χ2n) is 2.61. The third-order valence-electron chi connectivity index (χ3n) is 1.48. The fourth-order valence-electron chi connectivity index (χ4n) is 0.879. The number of nitrogen functional groups attached to an aromatic ring is 1. The first-order valence-corrected chi connectivity index (χ1v) is 5.42. The molecule has 0 spiro atoms. The van der Waals surface area contributed by atoms with Crippen molar-refractivity contribution in [1.82, 2.24) is 0 Å². The lowest BCUT2D eigenvalue weighted by Gasteiger charge is -2.06. The fraction of sp³-hybridized carbons (Fsp3) is 0.125. The van der Waals surface area contributed by atoms with Crippen LogP contribution in [0.5, 0.6) is 0 Å². The number of hydrogen-bond donors (Lipinski definition) is 2. The number of para-hydroxylation sites is 2. The minimum absolute atomic E-state index is 0.294. The maximum absolute atomic E-state index is 11.2. The average Bonchev–Trinajstić information content (AvgIpc) is 2.08. The molecular weight excluding hydrogens is 202 g/mol. The van der Waals surface area contributed by atoms with E-state index in [-0.39, 0.29) is 0 Å². The predicted molar refractivity (Wildman–Crippen MR) is 53.9 cm³/mol. The highest BCUT2D eigenvalue weighted by Gasteiger charge is 2.10. The van der Waals surface area contributed by atoms with Gasteiger partial charge in [0.2, 0.25) is 10.0 Å². The number of nitrogens with two attached hydrogens (primary N) is 1. The van der Waals surface area contributed by atoms with Gasteiger partial charge in [-0.05, 0) is 12.1 Å². The molecule has 14 heavy (non-hydrogen) atoms. The number of sulfonamides is 1. The lowest BCUT2D eigenvalue weighted by Crippen LogP contribution is -2.16. The Morgan fingerprint density at radius 3 is 2.64 bits per heavy atom. The normalized spacial score (nSPS) is 10.5. The van der Waals surface area contributed by atoms with E-state index in [1.165, 1.54) is 6.07 Å². The summed E-state index contributed by atoms with van der Waals surface area (Å²) in [6, 6.07) is 8.01. The summed E-state index contributed by atoms with van der Waals surface area (Å²) in [5.41, 5.74) is 6.14. The monoisotopic (exact) mass is 211 g/mol. The van der Waals surface area contributed by atoms with Crippen LogP contribution in [0, 0.1) is 11.3 Å². The van der Waals surface area contributed by atoms with Gasteiger partial charge in [0, 0.05) is 0 Å². The highest BCUT2D eigenvalue weighted by atomic mass is 32.2. The van der Waals surface area contributed by atoms with Crippen LogP contribution >= 0.6 is 0 Å². The van der Waals surface area contributed by atoms with Crippen LogP contribution in [0.4, 0.5) is 11.4 Å². The summed E-state index contributed by atoms with van der Waals surface area (Å²) in [6.07, 6.45) is 0. The van der Waals surface area contributed by atoms with Crippen molar-refractivity contribution < 1.29 is 8.42 Å². The summed E-state index contributed by atoms with van der Waals surface area (Å²) in [5.74, 6) is -0.582. The Kier molecular flexibility index (Phi) is 2.94. The van der Waals surface area contributed by atoms with Crippen molar-refractivity contribution in [1.29, 1.82) is 5.26 Å². The summed E-state index contributed by atoms with van der Waals surface area (Å²) < 4.78 is 24.5. The van der Waals surface area contributed by atoms with Crippen molar-refractivity contribution in [3.05, 3.63) is 24.3 Å². The number of benzene rings is 1. The molecule has 0 saturated carbocycles. The van der Waals surface area contributed by atoms with E-state index in [0.717, 1.165) is 0 Å². The Morgan fingerprint density at radius 1 is 1.43 bits per heavy atom. The minimum atomic E-state index is -3.60. The topological polar surface area (TPSA) is 96.0 Å². The lowest BCUT2D eigenvalue weighted by atomic mass is 10.3. The molecule has 0 fully saturated rings. The van der Waals surface area contributed by atoms with Crippen LogP contribution in [0.15, 0.2) is 24.3 Å². The lowest BCUT2D eigenvalue weighted by molar-refractivity contribution is 0.604. The molecule has 74 valence electrons. The predicted octanol–water partition coefficient (Wildman–Crippen LogP) is 0.534. The molecular formula is C8H9N3O2S. The Morgan fingerprint density at radius 2 is 2.07 bits per heavy atom. The van der Waals surface area contributed by atoms with Crippen molar-refractivity contribution in [3.63, 3.8) is 0 Å². The van der Waals surface area contributed by atoms with Gasteiger partial charge in [0.25, 0.3) is 0 Å². The van der Waals surface area contributed by atoms with Crippen LogP contribution in [0.2, 0.25) is 0 Å². The maximum atomic E-state index is 11.2. The quantitative estimate of drug-likeness (QED) is 0.713. The molecule has 3 N–H and O–H groups in total. The van der Waals surface area contributed by atoms with Crippen LogP contribution in [-0.2, 0) is 10.0 Å². The van der Waals surface area contributed by atoms with Crippen molar-refractivity contribution in [2.75, 3.05) is 16.2 Å². The highest BCUT2D eigenvalue weighted by molar-refractivity contribution is 7.92. The number of anilines is 2. The molecule has 0 bridgehead atoms. The third kappa shape index (κ3) is 2.64. The van der Waals surface area contributed by atoms with Gasteiger partial charge < -0.3 is 5.73 Å². The second-order valence-corrected chi connectivity index (χ2v) is 4.33. The number of nitrogens with one attached hydrogen (secondary N) is 1. The molecule has 0 aromatic heterocycles. The zero-order chi connectivity index (χ0) is 10.6. The van der Waals surface area contributed by atoms with E-state index in [4.69, 9.17) is 11.0 Å². The van der Waals surface area contributed by atoms with Gasteiger partial charge in [0.05, 0.1) is 17.4 Å². The zero-order valence-corrected chi connectivity index (χ0v) is 8.08. The first kappa shape index (κ1) is 10.3. The van der Waals surface area contributed by atoms with Crippen LogP contribution < -0.4 is 10.5 Å². The maximum Gasteiger partial charge on any atom is 0.246 e. The van der Waals surface area contributed by atoms with Crippen LogP contribution in [0.25, 0.3) is 0 Å². The Labute approximate surface area is 82.2 Å². The standard InChI is InChI=1S/C8H9N3O2S/c9-5-6-14(12,13)11-8-4-2-1-3-7(8)10/h1-4,11H,6,10H2. The summed E-state index contributed by atoms with van der Waals surface area (Å²) in [4.78, 5) is 0. The molecule has 0 atom stereocenters. The molecule has 1 aromatic rings.